The fourth-order valence-corrected chi connectivity index (χ4v) is 2.13. The number of aliphatic hydroxyl groups excluding tert-OH is 1. The lowest BCUT2D eigenvalue weighted by Crippen LogP contribution is -2.43. The molecule has 0 aliphatic carbocycles. The van der Waals surface area contributed by atoms with Gasteiger partial charge >= 0.3 is 6.09 Å². The highest BCUT2D eigenvalue weighted by Gasteiger charge is 2.33. The van der Waals surface area contributed by atoms with Gasteiger partial charge in [-0.2, -0.15) is 0 Å². The van der Waals surface area contributed by atoms with E-state index in [0.717, 1.165) is 12.8 Å². The second kappa shape index (κ2) is 6.38. The summed E-state index contributed by atoms with van der Waals surface area (Å²) in [4.78, 5) is 11.6. The molecule has 2 N–H and O–H groups in total. The summed E-state index contributed by atoms with van der Waals surface area (Å²) >= 11 is 0. The number of hydrogen-bond donors (Lipinski definition) is 2. The zero-order valence-electron chi connectivity index (χ0n) is 11.6. The number of ether oxygens (including phenoxy) is 2. The van der Waals surface area contributed by atoms with Crippen molar-refractivity contribution in [2.24, 2.45) is 5.41 Å². The normalized spacial score (nSPS) is 19.3. The van der Waals surface area contributed by atoms with Crippen molar-refractivity contribution in [3.8, 4) is 0 Å². The fraction of sp³-hybridized carbons (Fsp3) is 0.923. The number of amides is 1. The first-order valence-electron chi connectivity index (χ1n) is 6.52. The largest absolute Gasteiger partial charge is 0.444 e. The van der Waals surface area contributed by atoms with Crippen LogP contribution in [0.15, 0.2) is 0 Å². The van der Waals surface area contributed by atoms with Gasteiger partial charge in [-0.05, 0) is 45.4 Å². The molecule has 1 aliphatic rings. The van der Waals surface area contributed by atoms with E-state index < -0.39 is 11.7 Å². The molecule has 1 aliphatic heterocycles. The Morgan fingerprint density at radius 1 is 1.39 bits per heavy atom. The number of nitrogens with one attached hydrogen (secondary N) is 1. The second-order valence-corrected chi connectivity index (χ2v) is 5.94. The average molecular weight is 259 g/mol. The molecule has 0 aromatic carbocycles. The standard InChI is InChI=1S/C13H25NO4/c1-12(2,3)18-11(16)14-10-13(4-7-15)5-8-17-9-6-13/h15H,4-10H2,1-3H3,(H,14,16). The fourth-order valence-electron chi connectivity index (χ4n) is 2.13. The lowest BCUT2D eigenvalue weighted by Gasteiger charge is -2.37. The van der Waals surface area contributed by atoms with Gasteiger partial charge in [-0.25, -0.2) is 4.79 Å². The van der Waals surface area contributed by atoms with E-state index in [1.807, 2.05) is 20.8 Å². The van der Waals surface area contributed by atoms with Gasteiger partial charge in [0.1, 0.15) is 5.60 Å². The SMILES string of the molecule is CC(C)(C)OC(=O)NCC1(CCO)CCOCC1. The molecule has 0 aromatic heterocycles. The monoisotopic (exact) mass is 259 g/mol. The zero-order valence-corrected chi connectivity index (χ0v) is 11.6. The third kappa shape index (κ3) is 5.23. The van der Waals surface area contributed by atoms with Crippen LogP contribution in [0.25, 0.3) is 0 Å². The minimum Gasteiger partial charge on any atom is -0.444 e. The van der Waals surface area contributed by atoms with E-state index in [2.05, 4.69) is 5.32 Å². The first-order chi connectivity index (χ1) is 8.37. The molecule has 0 atom stereocenters. The molecule has 0 radical (unpaired) electrons. The maximum Gasteiger partial charge on any atom is 0.407 e. The summed E-state index contributed by atoms with van der Waals surface area (Å²) < 4.78 is 10.5. The maximum absolute atomic E-state index is 11.6. The number of hydrogen-bond acceptors (Lipinski definition) is 4. The Morgan fingerprint density at radius 3 is 2.50 bits per heavy atom. The van der Waals surface area contributed by atoms with E-state index >= 15 is 0 Å². The van der Waals surface area contributed by atoms with Gasteiger partial charge in [-0.1, -0.05) is 0 Å². The van der Waals surface area contributed by atoms with Crippen LogP contribution < -0.4 is 5.32 Å². The van der Waals surface area contributed by atoms with Crippen molar-refractivity contribution in [2.45, 2.75) is 45.6 Å². The van der Waals surface area contributed by atoms with Crippen LogP contribution in [0.1, 0.15) is 40.0 Å². The lowest BCUT2D eigenvalue weighted by molar-refractivity contribution is -0.00110. The molecule has 1 saturated heterocycles. The van der Waals surface area contributed by atoms with Crippen molar-refractivity contribution in [2.75, 3.05) is 26.4 Å². The summed E-state index contributed by atoms with van der Waals surface area (Å²) in [5.74, 6) is 0. The average Bonchev–Trinajstić information content (AvgIpc) is 2.26. The van der Waals surface area contributed by atoms with E-state index in [9.17, 15) is 4.79 Å². The molecule has 1 rings (SSSR count). The molecule has 5 heteroatoms. The van der Waals surface area contributed by atoms with Crippen LogP contribution in [0.4, 0.5) is 4.79 Å². The van der Waals surface area contributed by atoms with Crippen LogP contribution in [0.3, 0.4) is 0 Å². The molecule has 1 amide bonds. The second-order valence-electron chi connectivity index (χ2n) is 5.94. The molecule has 0 bridgehead atoms. The molecule has 0 aromatic rings. The molecule has 18 heavy (non-hydrogen) atoms. The van der Waals surface area contributed by atoms with Crippen molar-refractivity contribution in [3.63, 3.8) is 0 Å². The quantitative estimate of drug-likeness (QED) is 0.806. The summed E-state index contributed by atoms with van der Waals surface area (Å²) in [5, 5.41) is 12.0. The summed E-state index contributed by atoms with van der Waals surface area (Å²) in [6, 6.07) is 0. The number of carbonyl (C=O) groups is 1. The molecule has 5 nitrogen and oxygen atoms in total. The molecule has 1 fully saturated rings. The highest BCUT2D eigenvalue weighted by molar-refractivity contribution is 5.67. The third-order valence-corrected chi connectivity index (χ3v) is 3.20. The molecular formula is C13H25NO4. The number of carbonyl (C=O) groups excluding carboxylic acids is 1. The van der Waals surface area contributed by atoms with Crippen molar-refractivity contribution in [1.82, 2.24) is 5.32 Å². The molecule has 0 spiro atoms. The molecule has 0 saturated carbocycles. The van der Waals surface area contributed by atoms with Crippen LogP contribution >= 0.6 is 0 Å². The van der Waals surface area contributed by atoms with E-state index in [-0.39, 0.29) is 12.0 Å². The Kier molecular flexibility index (Phi) is 5.41. The molecule has 1 heterocycles. The van der Waals surface area contributed by atoms with Gasteiger partial charge in [0.05, 0.1) is 0 Å². The van der Waals surface area contributed by atoms with Crippen molar-refractivity contribution < 1.29 is 19.4 Å². The third-order valence-electron chi connectivity index (χ3n) is 3.20. The number of alkyl carbamates (subject to hydrolysis) is 1. The van der Waals surface area contributed by atoms with Crippen LogP contribution in [0.2, 0.25) is 0 Å². The predicted molar refractivity (Wildman–Crippen MR) is 68.4 cm³/mol. The lowest BCUT2D eigenvalue weighted by atomic mass is 9.77. The topological polar surface area (TPSA) is 67.8 Å². The highest BCUT2D eigenvalue weighted by atomic mass is 16.6. The van der Waals surface area contributed by atoms with E-state index in [4.69, 9.17) is 14.6 Å². The molecular weight excluding hydrogens is 234 g/mol. The first-order valence-corrected chi connectivity index (χ1v) is 6.52. The molecule has 0 unspecified atom stereocenters. The van der Waals surface area contributed by atoms with Crippen molar-refractivity contribution in [3.05, 3.63) is 0 Å². The van der Waals surface area contributed by atoms with Gasteiger partial charge in [0.2, 0.25) is 0 Å². The Balaban J connectivity index is 2.44. The minimum absolute atomic E-state index is 0.0517. The zero-order chi connectivity index (χ0) is 13.6. The van der Waals surface area contributed by atoms with Gasteiger partial charge in [0, 0.05) is 26.4 Å². The van der Waals surface area contributed by atoms with Gasteiger partial charge in [-0.3, -0.25) is 0 Å². The Labute approximate surface area is 109 Å². The van der Waals surface area contributed by atoms with Gasteiger partial charge < -0.3 is 19.9 Å². The van der Waals surface area contributed by atoms with E-state index in [1.54, 1.807) is 0 Å². The Bertz CT molecular complexity index is 261. The summed E-state index contributed by atoms with van der Waals surface area (Å²) in [7, 11) is 0. The smallest absolute Gasteiger partial charge is 0.407 e. The first kappa shape index (κ1) is 15.2. The Hall–Kier alpha value is -0.810. The van der Waals surface area contributed by atoms with Crippen LogP contribution in [0.5, 0.6) is 0 Å². The van der Waals surface area contributed by atoms with Crippen LogP contribution in [-0.2, 0) is 9.47 Å². The number of aliphatic hydroxyl groups is 1. The predicted octanol–water partition coefficient (Wildman–Crippen LogP) is 1.69. The molecule has 106 valence electrons. The van der Waals surface area contributed by atoms with E-state index in [1.165, 1.54) is 0 Å². The summed E-state index contributed by atoms with van der Waals surface area (Å²) in [6.45, 7) is 7.56. The summed E-state index contributed by atoms with van der Waals surface area (Å²) in [6.07, 6.45) is 2.02. The Morgan fingerprint density at radius 2 is 2.00 bits per heavy atom. The van der Waals surface area contributed by atoms with Gasteiger partial charge in [-0.15, -0.1) is 0 Å². The summed E-state index contributed by atoms with van der Waals surface area (Å²) in [5.41, 5.74) is -0.534. The number of rotatable bonds is 4. The van der Waals surface area contributed by atoms with Gasteiger partial charge in [0.15, 0.2) is 0 Å². The maximum atomic E-state index is 11.6. The van der Waals surface area contributed by atoms with Crippen molar-refractivity contribution >= 4 is 6.09 Å². The van der Waals surface area contributed by atoms with E-state index in [0.29, 0.717) is 26.2 Å². The van der Waals surface area contributed by atoms with Gasteiger partial charge in [0.25, 0.3) is 0 Å². The van der Waals surface area contributed by atoms with Crippen molar-refractivity contribution in [1.29, 1.82) is 0 Å². The van der Waals surface area contributed by atoms with Crippen LogP contribution in [0, 0.1) is 5.41 Å². The minimum atomic E-state index is -0.482. The highest BCUT2D eigenvalue weighted by Crippen LogP contribution is 2.33. The van der Waals surface area contributed by atoms with Crippen LogP contribution in [-0.4, -0.2) is 43.2 Å².